The van der Waals surface area contributed by atoms with Gasteiger partial charge in [-0.1, -0.05) is 11.6 Å². The van der Waals surface area contributed by atoms with Crippen LogP contribution in [0.3, 0.4) is 0 Å². The highest BCUT2D eigenvalue weighted by atomic mass is 35.5. The number of amides is 1. The lowest BCUT2D eigenvalue weighted by Crippen LogP contribution is -2.32. The highest BCUT2D eigenvalue weighted by molar-refractivity contribution is 6.30. The maximum absolute atomic E-state index is 13.6. The summed E-state index contributed by atoms with van der Waals surface area (Å²) in [7, 11) is 1.85. The van der Waals surface area contributed by atoms with Gasteiger partial charge >= 0.3 is 0 Å². The van der Waals surface area contributed by atoms with Gasteiger partial charge in [0.25, 0.3) is 0 Å². The molecule has 124 valence electrons. The minimum absolute atomic E-state index is 0.134. The van der Waals surface area contributed by atoms with Crippen LogP contribution in [0.2, 0.25) is 5.02 Å². The molecule has 2 rings (SSSR count). The number of aryl methyl sites for hydroxylation is 2. The Labute approximate surface area is 139 Å². The monoisotopic (exact) mass is 338 g/mol. The topological polar surface area (TPSA) is 61.0 Å². The number of nitrogens with one attached hydrogen (secondary N) is 2. The fourth-order valence-electron chi connectivity index (χ4n) is 2.35. The highest BCUT2D eigenvalue weighted by Crippen LogP contribution is 2.18. The summed E-state index contributed by atoms with van der Waals surface area (Å²) in [5, 5.41) is 9.94. The van der Waals surface area contributed by atoms with Crippen molar-refractivity contribution in [3.8, 4) is 0 Å². The SMILES string of the molecule is Cc1n[nH]c(C)c1CCN(C)CC(=O)Nc1ccc(Cl)cc1F. The Morgan fingerprint density at radius 2 is 2.17 bits per heavy atom. The summed E-state index contributed by atoms with van der Waals surface area (Å²) in [5.41, 5.74) is 3.32. The van der Waals surface area contributed by atoms with Crippen molar-refractivity contribution in [3.63, 3.8) is 0 Å². The van der Waals surface area contributed by atoms with Gasteiger partial charge in [0.15, 0.2) is 0 Å². The number of carbonyl (C=O) groups excluding carboxylic acids is 1. The molecular weight excluding hydrogens is 319 g/mol. The number of rotatable bonds is 6. The van der Waals surface area contributed by atoms with Crippen molar-refractivity contribution in [2.24, 2.45) is 0 Å². The fraction of sp³-hybridized carbons (Fsp3) is 0.375. The second kappa shape index (κ2) is 7.57. The predicted molar refractivity (Wildman–Crippen MR) is 89.3 cm³/mol. The van der Waals surface area contributed by atoms with Gasteiger partial charge in [0, 0.05) is 17.3 Å². The molecule has 0 saturated carbocycles. The Hall–Kier alpha value is -1.92. The average Bonchev–Trinajstić information content (AvgIpc) is 2.79. The third-order valence-electron chi connectivity index (χ3n) is 3.64. The van der Waals surface area contributed by atoms with Crippen LogP contribution in [-0.2, 0) is 11.2 Å². The van der Waals surface area contributed by atoms with Crippen LogP contribution in [-0.4, -0.2) is 41.1 Å². The summed E-state index contributed by atoms with van der Waals surface area (Å²) >= 11 is 5.68. The van der Waals surface area contributed by atoms with Crippen LogP contribution in [0.25, 0.3) is 0 Å². The molecule has 0 aliphatic heterocycles. The quantitative estimate of drug-likeness (QED) is 0.851. The number of H-pyrrole nitrogens is 1. The number of hydrogen-bond donors (Lipinski definition) is 2. The number of likely N-dealkylation sites (N-methyl/N-ethyl adjacent to an activating group) is 1. The van der Waals surface area contributed by atoms with Gasteiger partial charge in [-0.2, -0.15) is 5.10 Å². The van der Waals surface area contributed by atoms with Crippen LogP contribution in [0.5, 0.6) is 0 Å². The maximum Gasteiger partial charge on any atom is 0.238 e. The van der Waals surface area contributed by atoms with Gasteiger partial charge in [-0.25, -0.2) is 4.39 Å². The van der Waals surface area contributed by atoms with Gasteiger partial charge in [-0.15, -0.1) is 0 Å². The molecule has 2 N–H and O–H groups in total. The van der Waals surface area contributed by atoms with Crippen molar-refractivity contribution in [1.29, 1.82) is 0 Å². The molecule has 0 unspecified atom stereocenters. The summed E-state index contributed by atoms with van der Waals surface area (Å²) in [6.07, 6.45) is 0.799. The van der Waals surface area contributed by atoms with E-state index in [4.69, 9.17) is 11.6 Å². The van der Waals surface area contributed by atoms with E-state index >= 15 is 0 Å². The molecular formula is C16H20ClFN4O. The molecule has 0 radical (unpaired) electrons. The van der Waals surface area contributed by atoms with Gasteiger partial charge in [-0.05, 0) is 51.1 Å². The molecule has 1 aromatic heterocycles. The summed E-state index contributed by atoms with van der Waals surface area (Å²) in [6.45, 7) is 4.82. The number of carbonyl (C=O) groups is 1. The predicted octanol–water partition coefficient (Wildman–Crippen LogP) is 2.93. The van der Waals surface area contributed by atoms with Gasteiger partial charge in [0.2, 0.25) is 5.91 Å². The zero-order valence-corrected chi connectivity index (χ0v) is 14.2. The van der Waals surface area contributed by atoms with Gasteiger partial charge in [0.05, 0.1) is 17.9 Å². The number of anilines is 1. The smallest absolute Gasteiger partial charge is 0.238 e. The average molecular weight is 339 g/mol. The third-order valence-corrected chi connectivity index (χ3v) is 3.88. The molecule has 1 heterocycles. The Bertz CT molecular complexity index is 682. The van der Waals surface area contributed by atoms with E-state index in [0.29, 0.717) is 11.6 Å². The zero-order valence-electron chi connectivity index (χ0n) is 13.4. The van der Waals surface area contributed by atoms with Gasteiger partial charge in [-0.3, -0.25) is 14.8 Å². The molecule has 1 aromatic carbocycles. The molecule has 0 spiro atoms. The van der Waals surface area contributed by atoms with Crippen LogP contribution in [0, 0.1) is 19.7 Å². The molecule has 23 heavy (non-hydrogen) atoms. The first kappa shape index (κ1) is 17.4. The lowest BCUT2D eigenvalue weighted by Gasteiger charge is -2.16. The van der Waals surface area contributed by atoms with Crippen molar-refractivity contribution in [1.82, 2.24) is 15.1 Å². The Morgan fingerprint density at radius 1 is 1.43 bits per heavy atom. The van der Waals surface area contributed by atoms with Gasteiger partial charge < -0.3 is 5.32 Å². The second-order valence-electron chi connectivity index (χ2n) is 5.57. The first-order chi connectivity index (χ1) is 10.9. The van der Waals surface area contributed by atoms with Crippen LogP contribution in [0.4, 0.5) is 10.1 Å². The van der Waals surface area contributed by atoms with Gasteiger partial charge in [0.1, 0.15) is 5.82 Å². The van der Waals surface area contributed by atoms with Crippen molar-refractivity contribution in [3.05, 3.63) is 46.0 Å². The molecule has 0 bridgehead atoms. The van der Waals surface area contributed by atoms with Crippen LogP contribution < -0.4 is 5.32 Å². The van der Waals surface area contributed by atoms with Crippen LogP contribution in [0.15, 0.2) is 18.2 Å². The minimum atomic E-state index is -0.543. The summed E-state index contributed by atoms with van der Waals surface area (Å²) < 4.78 is 13.6. The normalized spacial score (nSPS) is 11.0. The van der Waals surface area contributed by atoms with Crippen molar-refractivity contribution >= 4 is 23.2 Å². The molecule has 0 saturated heterocycles. The number of hydrogen-bond acceptors (Lipinski definition) is 3. The van der Waals surface area contributed by atoms with Crippen molar-refractivity contribution in [2.45, 2.75) is 20.3 Å². The van der Waals surface area contributed by atoms with E-state index in [-0.39, 0.29) is 18.1 Å². The lowest BCUT2D eigenvalue weighted by molar-refractivity contribution is -0.117. The molecule has 2 aromatic rings. The van der Waals surface area contributed by atoms with Crippen LogP contribution >= 0.6 is 11.6 Å². The first-order valence-corrected chi connectivity index (χ1v) is 7.68. The molecule has 0 aliphatic carbocycles. The minimum Gasteiger partial charge on any atom is -0.322 e. The van der Waals surface area contributed by atoms with E-state index in [9.17, 15) is 9.18 Å². The van der Waals surface area contributed by atoms with E-state index in [2.05, 4.69) is 15.5 Å². The molecule has 0 aliphatic rings. The first-order valence-electron chi connectivity index (χ1n) is 7.30. The van der Waals surface area contributed by atoms with Crippen LogP contribution in [0.1, 0.15) is 17.0 Å². The number of nitrogens with zero attached hydrogens (tertiary/aromatic N) is 2. The fourth-order valence-corrected chi connectivity index (χ4v) is 2.51. The standard InChI is InChI=1S/C16H20ClFN4O/c1-10-13(11(2)21-20-10)6-7-22(3)9-16(23)19-15-5-4-12(17)8-14(15)18/h4-5,8H,6-7,9H2,1-3H3,(H,19,23)(H,20,21). The lowest BCUT2D eigenvalue weighted by atomic mass is 10.1. The maximum atomic E-state index is 13.6. The van der Waals surface area contributed by atoms with E-state index in [1.165, 1.54) is 23.8 Å². The molecule has 0 atom stereocenters. The molecule has 1 amide bonds. The largest absolute Gasteiger partial charge is 0.322 e. The Morgan fingerprint density at radius 3 is 2.78 bits per heavy atom. The molecule has 0 fully saturated rings. The van der Waals surface area contributed by atoms with Crippen molar-refractivity contribution in [2.75, 3.05) is 25.5 Å². The number of benzene rings is 1. The molecule has 7 heteroatoms. The van der Waals surface area contributed by atoms with E-state index in [0.717, 1.165) is 17.8 Å². The number of halogens is 2. The highest BCUT2D eigenvalue weighted by Gasteiger charge is 2.12. The Kier molecular flexibility index (Phi) is 5.74. The number of aromatic amines is 1. The van der Waals surface area contributed by atoms with E-state index in [1.807, 2.05) is 25.8 Å². The van der Waals surface area contributed by atoms with E-state index in [1.54, 1.807) is 0 Å². The summed E-state index contributed by atoms with van der Waals surface area (Å²) in [4.78, 5) is 13.9. The number of aromatic nitrogens is 2. The zero-order chi connectivity index (χ0) is 17.0. The van der Waals surface area contributed by atoms with Crippen molar-refractivity contribution < 1.29 is 9.18 Å². The summed E-state index contributed by atoms with van der Waals surface area (Å²) in [5.74, 6) is -0.812. The van der Waals surface area contributed by atoms with E-state index < -0.39 is 5.82 Å². The summed E-state index contributed by atoms with van der Waals surface area (Å²) in [6, 6.07) is 4.16. The third kappa shape index (κ3) is 4.77. The molecule has 5 nitrogen and oxygen atoms in total. The Balaban J connectivity index is 1.85. The second-order valence-corrected chi connectivity index (χ2v) is 6.01.